The third-order valence-electron chi connectivity index (χ3n) is 4.11. The van der Waals surface area contributed by atoms with Gasteiger partial charge in [0.2, 0.25) is 0 Å². The van der Waals surface area contributed by atoms with Gasteiger partial charge in [-0.3, -0.25) is 9.69 Å². The first-order valence-electron chi connectivity index (χ1n) is 7.61. The Morgan fingerprint density at radius 2 is 2.04 bits per heavy atom. The highest BCUT2D eigenvalue weighted by atomic mass is 35.5. The zero-order chi connectivity index (χ0) is 17.1. The largest absolute Gasteiger partial charge is 0.356 e. The molecule has 0 spiro atoms. The SMILES string of the molecule is N#Cc1ccc(F)c(CN2CCN(C(=O)c3cc(Cl)c[nH]3)CC2)c1. The molecule has 3 rings (SSSR count). The van der Waals surface area contributed by atoms with Crippen LogP contribution in [0, 0.1) is 17.1 Å². The van der Waals surface area contributed by atoms with Crippen LogP contribution in [0.5, 0.6) is 0 Å². The molecule has 0 atom stereocenters. The van der Waals surface area contributed by atoms with Crippen molar-refractivity contribution in [2.75, 3.05) is 26.2 Å². The van der Waals surface area contributed by atoms with Crippen LogP contribution in [0.4, 0.5) is 4.39 Å². The second-order valence-corrected chi connectivity index (χ2v) is 6.15. The van der Waals surface area contributed by atoms with E-state index in [-0.39, 0.29) is 11.7 Å². The predicted molar refractivity (Wildman–Crippen MR) is 88.1 cm³/mol. The lowest BCUT2D eigenvalue weighted by Gasteiger charge is -2.34. The van der Waals surface area contributed by atoms with Crippen molar-refractivity contribution in [3.05, 3.63) is 58.1 Å². The summed E-state index contributed by atoms with van der Waals surface area (Å²) in [4.78, 5) is 19.0. The van der Waals surface area contributed by atoms with Crippen molar-refractivity contribution < 1.29 is 9.18 Å². The highest BCUT2D eigenvalue weighted by molar-refractivity contribution is 6.30. The number of hydrogen-bond acceptors (Lipinski definition) is 3. The van der Waals surface area contributed by atoms with Gasteiger partial charge in [0.25, 0.3) is 5.91 Å². The molecule has 124 valence electrons. The summed E-state index contributed by atoms with van der Waals surface area (Å²) in [5, 5.41) is 9.43. The Morgan fingerprint density at radius 3 is 2.67 bits per heavy atom. The number of benzene rings is 1. The van der Waals surface area contributed by atoms with E-state index in [0.717, 1.165) is 0 Å². The summed E-state index contributed by atoms with van der Waals surface area (Å²) in [5.41, 5.74) is 1.43. The number of aromatic amines is 1. The smallest absolute Gasteiger partial charge is 0.270 e. The Labute approximate surface area is 144 Å². The number of aromatic nitrogens is 1. The number of halogens is 2. The van der Waals surface area contributed by atoms with E-state index in [4.69, 9.17) is 16.9 Å². The molecular formula is C17H16ClFN4O. The van der Waals surface area contributed by atoms with Gasteiger partial charge in [-0.25, -0.2) is 4.39 Å². The maximum Gasteiger partial charge on any atom is 0.270 e. The van der Waals surface area contributed by atoms with Crippen LogP contribution in [0.15, 0.2) is 30.5 Å². The standard InChI is InChI=1S/C17H16ClFN4O/c18-14-8-16(21-10-14)17(24)23-5-3-22(4-6-23)11-13-7-12(9-20)1-2-15(13)19/h1-2,7-8,10,21H,3-6,11H2. The van der Waals surface area contributed by atoms with Gasteiger partial charge in [0, 0.05) is 44.5 Å². The molecule has 1 saturated heterocycles. The average Bonchev–Trinajstić information content (AvgIpc) is 3.03. The Morgan fingerprint density at radius 1 is 1.29 bits per heavy atom. The van der Waals surface area contributed by atoms with E-state index in [1.165, 1.54) is 12.1 Å². The number of hydrogen-bond donors (Lipinski definition) is 1. The third-order valence-corrected chi connectivity index (χ3v) is 4.32. The van der Waals surface area contributed by atoms with E-state index in [1.54, 1.807) is 23.2 Å². The first-order chi connectivity index (χ1) is 11.6. The summed E-state index contributed by atoms with van der Waals surface area (Å²) in [5.74, 6) is -0.396. The van der Waals surface area contributed by atoms with Crippen LogP contribution >= 0.6 is 11.6 Å². The molecule has 1 fully saturated rings. The van der Waals surface area contributed by atoms with Crippen LogP contribution in [-0.4, -0.2) is 46.9 Å². The van der Waals surface area contributed by atoms with Gasteiger partial charge in [-0.2, -0.15) is 5.26 Å². The fourth-order valence-corrected chi connectivity index (χ4v) is 2.94. The molecule has 0 bridgehead atoms. The quantitative estimate of drug-likeness (QED) is 0.929. The normalized spacial score (nSPS) is 15.3. The minimum atomic E-state index is -0.312. The molecule has 24 heavy (non-hydrogen) atoms. The average molecular weight is 347 g/mol. The van der Waals surface area contributed by atoms with E-state index in [2.05, 4.69) is 9.88 Å². The lowest BCUT2D eigenvalue weighted by Crippen LogP contribution is -2.48. The molecule has 1 aliphatic rings. The lowest BCUT2D eigenvalue weighted by molar-refractivity contribution is 0.0622. The number of nitrogens with zero attached hydrogens (tertiary/aromatic N) is 3. The molecule has 2 aromatic rings. The molecule has 0 radical (unpaired) electrons. The van der Waals surface area contributed by atoms with E-state index in [9.17, 15) is 9.18 Å². The number of nitriles is 1. The fraction of sp³-hybridized carbons (Fsp3) is 0.294. The Hall–Kier alpha value is -2.36. The lowest BCUT2D eigenvalue weighted by atomic mass is 10.1. The molecule has 1 amide bonds. The van der Waals surface area contributed by atoms with Crippen LogP contribution in [0.3, 0.4) is 0 Å². The zero-order valence-electron chi connectivity index (χ0n) is 12.9. The molecule has 1 aliphatic heterocycles. The molecule has 0 saturated carbocycles. The number of H-pyrrole nitrogens is 1. The molecule has 1 N–H and O–H groups in total. The maximum absolute atomic E-state index is 13.9. The van der Waals surface area contributed by atoms with Crippen LogP contribution in [0.2, 0.25) is 5.02 Å². The van der Waals surface area contributed by atoms with Crippen molar-refractivity contribution >= 4 is 17.5 Å². The molecule has 7 heteroatoms. The fourth-order valence-electron chi connectivity index (χ4n) is 2.78. The van der Waals surface area contributed by atoms with Crippen LogP contribution in [0.25, 0.3) is 0 Å². The summed E-state index contributed by atoms with van der Waals surface area (Å²) in [6.45, 7) is 2.86. The van der Waals surface area contributed by atoms with Gasteiger partial charge in [-0.1, -0.05) is 11.6 Å². The Balaban J connectivity index is 1.59. The molecule has 2 heterocycles. The first-order valence-corrected chi connectivity index (χ1v) is 7.98. The zero-order valence-corrected chi connectivity index (χ0v) is 13.7. The molecule has 1 aromatic heterocycles. The number of nitrogens with one attached hydrogen (secondary N) is 1. The van der Waals surface area contributed by atoms with Crippen molar-refractivity contribution in [1.82, 2.24) is 14.8 Å². The van der Waals surface area contributed by atoms with Crippen LogP contribution < -0.4 is 0 Å². The highest BCUT2D eigenvalue weighted by Gasteiger charge is 2.23. The Bertz CT molecular complexity index is 790. The van der Waals surface area contributed by atoms with Gasteiger partial charge in [0.1, 0.15) is 11.5 Å². The minimum absolute atomic E-state index is 0.0841. The van der Waals surface area contributed by atoms with Crippen molar-refractivity contribution in [3.63, 3.8) is 0 Å². The number of rotatable bonds is 3. The van der Waals surface area contributed by atoms with E-state index in [1.807, 2.05) is 6.07 Å². The van der Waals surface area contributed by atoms with E-state index < -0.39 is 0 Å². The second-order valence-electron chi connectivity index (χ2n) is 5.72. The van der Waals surface area contributed by atoms with E-state index in [0.29, 0.717) is 54.6 Å². The summed E-state index contributed by atoms with van der Waals surface area (Å²) in [6, 6.07) is 8.00. The molecule has 1 aromatic carbocycles. The highest BCUT2D eigenvalue weighted by Crippen LogP contribution is 2.16. The Kier molecular flexibility index (Phi) is 4.84. The van der Waals surface area contributed by atoms with Crippen LogP contribution in [0.1, 0.15) is 21.6 Å². The number of carbonyl (C=O) groups is 1. The van der Waals surface area contributed by atoms with Gasteiger partial charge in [-0.15, -0.1) is 0 Å². The van der Waals surface area contributed by atoms with Gasteiger partial charge >= 0.3 is 0 Å². The summed E-state index contributed by atoms with van der Waals surface area (Å²) >= 11 is 5.83. The van der Waals surface area contributed by atoms with Gasteiger partial charge < -0.3 is 9.88 Å². The van der Waals surface area contributed by atoms with Crippen molar-refractivity contribution in [2.45, 2.75) is 6.54 Å². The third kappa shape index (κ3) is 3.58. The maximum atomic E-state index is 13.9. The minimum Gasteiger partial charge on any atom is -0.356 e. The van der Waals surface area contributed by atoms with Gasteiger partial charge in [0.15, 0.2) is 0 Å². The van der Waals surface area contributed by atoms with Crippen molar-refractivity contribution in [1.29, 1.82) is 5.26 Å². The number of amides is 1. The van der Waals surface area contributed by atoms with Crippen molar-refractivity contribution in [3.8, 4) is 6.07 Å². The molecule has 0 unspecified atom stereocenters. The molecular weight excluding hydrogens is 331 g/mol. The molecule has 0 aliphatic carbocycles. The van der Waals surface area contributed by atoms with Gasteiger partial charge in [0.05, 0.1) is 16.7 Å². The topological polar surface area (TPSA) is 63.1 Å². The predicted octanol–water partition coefficient (Wildman–Crippen LogP) is 2.64. The first kappa shape index (κ1) is 16.5. The molecule has 5 nitrogen and oxygen atoms in total. The van der Waals surface area contributed by atoms with E-state index >= 15 is 0 Å². The summed E-state index contributed by atoms with van der Waals surface area (Å²) < 4.78 is 13.9. The monoisotopic (exact) mass is 346 g/mol. The number of carbonyl (C=O) groups excluding carboxylic acids is 1. The van der Waals surface area contributed by atoms with Crippen molar-refractivity contribution in [2.24, 2.45) is 0 Å². The summed E-state index contributed by atoms with van der Waals surface area (Å²) in [6.07, 6.45) is 1.58. The van der Waals surface area contributed by atoms with Gasteiger partial charge in [-0.05, 0) is 24.3 Å². The van der Waals surface area contributed by atoms with Crippen LogP contribution in [-0.2, 0) is 6.54 Å². The summed E-state index contributed by atoms with van der Waals surface area (Å²) in [7, 11) is 0. The second kappa shape index (κ2) is 7.04. The number of piperazine rings is 1.